The van der Waals surface area contributed by atoms with Crippen LogP contribution in [-0.2, 0) is 16.9 Å². The molecule has 0 radical (unpaired) electrons. The van der Waals surface area contributed by atoms with Gasteiger partial charge in [0.2, 0.25) is 0 Å². The molecule has 2 unspecified atom stereocenters. The van der Waals surface area contributed by atoms with E-state index in [4.69, 9.17) is 4.74 Å². The smallest absolute Gasteiger partial charge is 0.123 e. The highest BCUT2D eigenvalue weighted by molar-refractivity contribution is 5.25. The third-order valence-electron chi connectivity index (χ3n) is 4.15. The Morgan fingerprint density at radius 3 is 2.14 bits per heavy atom. The predicted molar refractivity (Wildman–Crippen MR) is 85.8 cm³/mol. The van der Waals surface area contributed by atoms with Crippen molar-refractivity contribution in [2.24, 2.45) is 5.92 Å². The maximum Gasteiger partial charge on any atom is 0.123 e. The summed E-state index contributed by atoms with van der Waals surface area (Å²) >= 11 is 0. The zero-order valence-corrected chi connectivity index (χ0v) is 13.3. The van der Waals surface area contributed by atoms with Crippen LogP contribution in [-0.4, -0.2) is 11.2 Å². The van der Waals surface area contributed by atoms with Gasteiger partial charge in [-0.15, -0.1) is 0 Å². The third-order valence-corrected chi connectivity index (χ3v) is 4.15. The first-order chi connectivity index (χ1) is 10.4. The molecule has 118 valence electrons. The lowest BCUT2D eigenvalue weighted by molar-refractivity contribution is -0.137. The highest BCUT2D eigenvalue weighted by Crippen LogP contribution is 2.35. The Balaban J connectivity index is 2.17. The van der Waals surface area contributed by atoms with E-state index in [9.17, 15) is 9.50 Å². The standard InChI is InChI=1S/C19H23FO2/c1-14(2)19(21,17-9-11-18(20)12-10-17)15(3)22-13-16-7-5-4-6-8-16/h4-12,14-15,21H,13H2,1-3H3. The second kappa shape index (κ2) is 7.03. The molecule has 0 aliphatic carbocycles. The fourth-order valence-electron chi connectivity index (χ4n) is 2.68. The van der Waals surface area contributed by atoms with E-state index in [1.807, 2.05) is 51.1 Å². The minimum atomic E-state index is -1.16. The van der Waals surface area contributed by atoms with Crippen molar-refractivity contribution in [2.75, 3.05) is 0 Å². The average molecular weight is 302 g/mol. The Bertz CT molecular complexity index is 580. The van der Waals surface area contributed by atoms with Crippen LogP contribution in [0.4, 0.5) is 4.39 Å². The summed E-state index contributed by atoms with van der Waals surface area (Å²) in [5, 5.41) is 11.1. The summed E-state index contributed by atoms with van der Waals surface area (Å²) in [6, 6.07) is 15.8. The summed E-state index contributed by atoms with van der Waals surface area (Å²) < 4.78 is 19.0. The van der Waals surface area contributed by atoms with Crippen LogP contribution in [0.25, 0.3) is 0 Å². The first-order valence-electron chi connectivity index (χ1n) is 7.58. The molecule has 0 saturated heterocycles. The summed E-state index contributed by atoms with van der Waals surface area (Å²) in [5.41, 5.74) is 0.562. The molecule has 0 amide bonds. The van der Waals surface area contributed by atoms with Crippen LogP contribution in [0.2, 0.25) is 0 Å². The van der Waals surface area contributed by atoms with Crippen molar-refractivity contribution in [1.82, 2.24) is 0 Å². The van der Waals surface area contributed by atoms with Gasteiger partial charge in [-0.2, -0.15) is 0 Å². The fourth-order valence-corrected chi connectivity index (χ4v) is 2.68. The lowest BCUT2D eigenvalue weighted by Crippen LogP contribution is -2.44. The highest BCUT2D eigenvalue weighted by Gasteiger charge is 2.39. The first-order valence-corrected chi connectivity index (χ1v) is 7.58. The average Bonchev–Trinajstić information content (AvgIpc) is 2.53. The Morgan fingerprint density at radius 1 is 1.00 bits per heavy atom. The van der Waals surface area contributed by atoms with E-state index in [-0.39, 0.29) is 11.7 Å². The van der Waals surface area contributed by atoms with Gasteiger partial charge in [0.15, 0.2) is 0 Å². The second-order valence-corrected chi connectivity index (χ2v) is 5.93. The third kappa shape index (κ3) is 3.54. The topological polar surface area (TPSA) is 29.5 Å². The summed E-state index contributed by atoms with van der Waals surface area (Å²) in [4.78, 5) is 0. The zero-order valence-electron chi connectivity index (χ0n) is 13.3. The van der Waals surface area contributed by atoms with Gasteiger partial charge in [-0.25, -0.2) is 4.39 Å². The van der Waals surface area contributed by atoms with Crippen LogP contribution in [0.3, 0.4) is 0 Å². The molecule has 2 nitrogen and oxygen atoms in total. The second-order valence-electron chi connectivity index (χ2n) is 5.93. The summed E-state index contributed by atoms with van der Waals surface area (Å²) in [6.07, 6.45) is -0.418. The monoisotopic (exact) mass is 302 g/mol. The van der Waals surface area contributed by atoms with Crippen molar-refractivity contribution in [3.63, 3.8) is 0 Å². The number of aliphatic hydroxyl groups is 1. The molecule has 0 aromatic heterocycles. The molecule has 2 atom stereocenters. The number of rotatable bonds is 6. The van der Waals surface area contributed by atoms with Gasteiger partial charge in [-0.1, -0.05) is 56.3 Å². The number of benzene rings is 2. The number of hydrogen-bond donors (Lipinski definition) is 1. The number of hydrogen-bond acceptors (Lipinski definition) is 2. The molecule has 0 saturated carbocycles. The maximum absolute atomic E-state index is 13.1. The maximum atomic E-state index is 13.1. The summed E-state index contributed by atoms with van der Waals surface area (Å²) in [7, 11) is 0. The van der Waals surface area contributed by atoms with E-state index in [0.29, 0.717) is 12.2 Å². The largest absolute Gasteiger partial charge is 0.382 e. The molecular formula is C19H23FO2. The van der Waals surface area contributed by atoms with Crippen molar-refractivity contribution in [2.45, 2.75) is 39.1 Å². The van der Waals surface area contributed by atoms with Crippen LogP contribution in [0.15, 0.2) is 54.6 Å². The molecule has 2 aromatic rings. The Morgan fingerprint density at radius 2 is 1.59 bits per heavy atom. The van der Waals surface area contributed by atoms with E-state index < -0.39 is 11.7 Å². The van der Waals surface area contributed by atoms with Crippen LogP contribution in [0.5, 0.6) is 0 Å². The van der Waals surface area contributed by atoms with Crippen molar-refractivity contribution < 1.29 is 14.2 Å². The van der Waals surface area contributed by atoms with E-state index in [0.717, 1.165) is 5.56 Å². The van der Waals surface area contributed by atoms with E-state index in [2.05, 4.69) is 0 Å². The van der Waals surface area contributed by atoms with Gasteiger partial charge >= 0.3 is 0 Å². The van der Waals surface area contributed by atoms with Crippen molar-refractivity contribution in [1.29, 1.82) is 0 Å². The van der Waals surface area contributed by atoms with E-state index >= 15 is 0 Å². The minimum Gasteiger partial charge on any atom is -0.382 e. The summed E-state index contributed by atoms with van der Waals surface area (Å²) in [5.74, 6) is -0.378. The van der Waals surface area contributed by atoms with Crippen molar-refractivity contribution in [3.8, 4) is 0 Å². The zero-order chi connectivity index (χ0) is 16.2. The van der Waals surface area contributed by atoms with Gasteiger partial charge in [0, 0.05) is 0 Å². The van der Waals surface area contributed by atoms with E-state index in [1.165, 1.54) is 12.1 Å². The highest BCUT2D eigenvalue weighted by atomic mass is 19.1. The molecule has 0 bridgehead atoms. The Hall–Kier alpha value is -1.71. The van der Waals surface area contributed by atoms with Crippen LogP contribution in [0, 0.1) is 11.7 Å². The van der Waals surface area contributed by atoms with Crippen molar-refractivity contribution in [3.05, 3.63) is 71.5 Å². The molecule has 0 aliphatic rings. The molecule has 0 aliphatic heterocycles. The van der Waals surface area contributed by atoms with Gasteiger partial charge in [0.25, 0.3) is 0 Å². The lowest BCUT2D eigenvalue weighted by atomic mass is 9.79. The van der Waals surface area contributed by atoms with Crippen LogP contribution in [0.1, 0.15) is 31.9 Å². The molecule has 1 N–H and O–H groups in total. The van der Waals surface area contributed by atoms with Gasteiger partial charge in [0.1, 0.15) is 11.4 Å². The van der Waals surface area contributed by atoms with Gasteiger partial charge in [-0.3, -0.25) is 0 Å². The minimum absolute atomic E-state index is 0.0660. The first kappa shape index (κ1) is 16.7. The lowest BCUT2D eigenvalue weighted by Gasteiger charge is -2.38. The molecule has 22 heavy (non-hydrogen) atoms. The van der Waals surface area contributed by atoms with Crippen LogP contribution >= 0.6 is 0 Å². The molecule has 3 heteroatoms. The molecule has 0 fully saturated rings. The van der Waals surface area contributed by atoms with Gasteiger partial charge in [0.05, 0.1) is 12.7 Å². The number of halogens is 1. The molecular weight excluding hydrogens is 279 g/mol. The number of ether oxygens (including phenoxy) is 1. The van der Waals surface area contributed by atoms with E-state index in [1.54, 1.807) is 12.1 Å². The predicted octanol–water partition coefficient (Wildman–Crippen LogP) is 4.27. The molecule has 0 heterocycles. The fraction of sp³-hybridized carbons (Fsp3) is 0.368. The van der Waals surface area contributed by atoms with Gasteiger partial charge < -0.3 is 9.84 Å². The molecule has 2 aromatic carbocycles. The quantitative estimate of drug-likeness (QED) is 0.863. The van der Waals surface area contributed by atoms with Crippen molar-refractivity contribution >= 4 is 0 Å². The molecule has 0 spiro atoms. The van der Waals surface area contributed by atoms with Crippen LogP contribution < -0.4 is 0 Å². The van der Waals surface area contributed by atoms with Gasteiger partial charge in [-0.05, 0) is 36.1 Å². The molecule has 2 rings (SSSR count). The Kier molecular flexibility index (Phi) is 5.33. The normalized spacial score (nSPS) is 15.5. The summed E-state index contributed by atoms with van der Waals surface area (Å²) in [6.45, 7) is 6.15. The SMILES string of the molecule is CC(C)C(O)(c1ccc(F)cc1)C(C)OCc1ccccc1. The Labute approximate surface area is 131 Å².